The van der Waals surface area contributed by atoms with Crippen molar-refractivity contribution in [3.63, 3.8) is 0 Å². The first-order valence-corrected chi connectivity index (χ1v) is 12.9. The minimum Gasteiger partial charge on any atom is -0.444 e. The van der Waals surface area contributed by atoms with Crippen LogP contribution >= 0.6 is 0 Å². The van der Waals surface area contributed by atoms with Gasteiger partial charge in [-0.2, -0.15) is 5.26 Å². The normalized spacial score (nSPS) is 20.2. The molecule has 38 heavy (non-hydrogen) atoms. The molecule has 0 bridgehead atoms. The van der Waals surface area contributed by atoms with E-state index in [1.807, 2.05) is 19.9 Å². The molecule has 0 aromatic heterocycles. The van der Waals surface area contributed by atoms with Gasteiger partial charge < -0.3 is 29.7 Å². The first-order chi connectivity index (χ1) is 18.1. The number of alkyl carbamates (subject to hydrolysis) is 1. The number of carbonyl (C=O) groups excluding carboxylic acids is 2. The van der Waals surface area contributed by atoms with E-state index in [0.717, 1.165) is 0 Å². The van der Waals surface area contributed by atoms with Gasteiger partial charge in [-0.05, 0) is 63.3 Å². The zero-order valence-corrected chi connectivity index (χ0v) is 21.9. The number of benzene rings is 1. The maximum Gasteiger partial charge on any atom is 0.475 e. The summed E-state index contributed by atoms with van der Waals surface area (Å²) in [6, 6.07) is 7.53. The molecule has 0 aliphatic carbocycles. The van der Waals surface area contributed by atoms with Gasteiger partial charge in [-0.15, -0.1) is 0 Å². The smallest absolute Gasteiger partial charge is 0.444 e. The second kappa shape index (κ2) is 13.7. The first-order valence-electron chi connectivity index (χ1n) is 12.9. The van der Waals surface area contributed by atoms with Crippen molar-refractivity contribution in [2.75, 3.05) is 39.4 Å². The van der Waals surface area contributed by atoms with Gasteiger partial charge in [-0.3, -0.25) is 9.69 Å². The van der Waals surface area contributed by atoms with Crippen LogP contribution in [0.3, 0.4) is 0 Å². The van der Waals surface area contributed by atoms with Crippen LogP contribution in [0.15, 0.2) is 35.9 Å². The summed E-state index contributed by atoms with van der Waals surface area (Å²) in [6.45, 7) is 7.06. The van der Waals surface area contributed by atoms with Crippen LogP contribution in [0, 0.1) is 17.1 Å². The number of nitrogens with one attached hydrogen (secondary N) is 1. The predicted molar refractivity (Wildman–Crippen MR) is 138 cm³/mol. The van der Waals surface area contributed by atoms with Crippen LogP contribution in [0.2, 0.25) is 0 Å². The largest absolute Gasteiger partial charge is 0.475 e. The zero-order valence-electron chi connectivity index (χ0n) is 21.9. The molecule has 3 N–H and O–H groups in total. The molecule has 2 aliphatic rings. The van der Waals surface area contributed by atoms with Crippen molar-refractivity contribution < 1.29 is 33.5 Å². The van der Waals surface area contributed by atoms with E-state index >= 15 is 0 Å². The quantitative estimate of drug-likeness (QED) is 0.261. The van der Waals surface area contributed by atoms with E-state index in [1.54, 1.807) is 6.08 Å². The summed E-state index contributed by atoms with van der Waals surface area (Å²) in [5, 5.41) is 31.7. The number of carbonyl (C=O) groups is 2. The van der Waals surface area contributed by atoms with Crippen LogP contribution < -0.4 is 5.32 Å². The number of nitriles is 1. The van der Waals surface area contributed by atoms with Crippen molar-refractivity contribution in [2.45, 2.75) is 57.1 Å². The van der Waals surface area contributed by atoms with E-state index in [9.17, 15) is 29.3 Å². The Bertz CT molecular complexity index is 1020. The topological polar surface area (TPSA) is 135 Å². The molecule has 12 heteroatoms. The molecule has 3 rings (SSSR count). The summed E-state index contributed by atoms with van der Waals surface area (Å²) in [4.78, 5) is 29.6. The monoisotopic (exact) mass is 530 g/mol. The Labute approximate surface area is 223 Å². The number of likely N-dealkylation sites (tertiary alicyclic amines) is 1. The maximum atomic E-state index is 13.3. The minimum atomic E-state index is -1.86. The van der Waals surface area contributed by atoms with Crippen LogP contribution in [0.5, 0.6) is 0 Å². The van der Waals surface area contributed by atoms with E-state index in [2.05, 4.69) is 10.2 Å². The maximum absolute atomic E-state index is 13.3. The summed E-state index contributed by atoms with van der Waals surface area (Å²) in [5.74, 6) is -1.91. The number of amides is 2. The van der Waals surface area contributed by atoms with Crippen LogP contribution in [0.1, 0.15) is 38.7 Å². The minimum absolute atomic E-state index is 0.0364. The average molecular weight is 530 g/mol. The molecule has 2 amide bonds. The Morgan fingerprint density at radius 3 is 2.58 bits per heavy atom. The van der Waals surface area contributed by atoms with Crippen molar-refractivity contribution in [1.82, 2.24) is 15.1 Å². The third kappa shape index (κ3) is 8.53. The molecule has 2 fully saturated rings. The predicted octanol–water partition coefficient (Wildman–Crippen LogP) is 1.42. The van der Waals surface area contributed by atoms with Gasteiger partial charge in [-0.25, -0.2) is 9.18 Å². The van der Waals surface area contributed by atoms with Crippen LogP contribution in [-0.4, -0.2) is 95.9 Å². The van der Waals surface area contributed by atoms with Gasteiger partial charge in [0.2, 0.25) is 0 Å². The number of morpholine rings is 1. The highest BCUT2D eigenvalue weighted by Gasteiger charge is 2.32. The third-order valence-electron chi connectivity index (χ3n) is 6.90. The van der Waals surface area contributed by atoms with Crippen molar-refractivity contribution >= 4 is 19.1 Å². The standard InChI is InChI=1S/C26H36BFN4O6/c1-26(2,32-11-13-37-14-12-32)16-20(17-29)24(33)31-10-4-3-5-22(18-31)38-25(34)30-23(27(35)36)15-19-6-8-21(28)9-7-19/h6-9,16,22-23,35-36H,3-5,10-15,18H2,1-2H3,(H,30,34)/b20-16+/t22-,23+/m1/s1. The lowest BCUT2D eigenvalue weighted by molar-refractivity contribution is -0.127. The fraction of sp³-hybridized carbons (Fsp3) is 0.577. The lowest BCUT2D eigenvalue weighted by Gasteiger charge is -2.39. The van der Waals surface area contributed by atoms with Crippen molar-refractivity contribution in [1.29, 1.82) is 5.26 Å². The van der Waals surface area contributed by atoms with E-state index in [1.165, 1.54) is 29.2 Å². The number of ether oxygens (including phenoxy) is 2. The lowest BCUT2D eigenvalue weighted by atomic mass is 9.76. The summed E-state index contributed by atoms with van der Waals surface area (Å²) in [6.07, 6.45) is 2.20. The Kier molecular flexibility index (Phi) is 10.7. The molecule has 0 spiro atoms. The van der Waals surface area contributed by atoms with Crippen LogP contribution in [0.25, 0.3) is 0 Å². The van der Waals surface area contributed by atoms with Crippen LogP contribution in [-0.2, 0) is 20.7 Å². The van der Waals surface area contributed by atoms with Gasteiger partial charge >= 0.3 is 13.2 Å². The molecule has 2 atom stereocenters. The Morgan fingerprint density at radius 1 is 1.26 bits per heavy atom. The van der Waals surface area contributed by atoms with Gasteiger partial charge in [0, 0.05) is 25.2 Å². The summed E-state index contributed by atoms with van der Waals surface area (Å²) < 4.78 is 24.1. The molecule has 2 heterocycles. The molecule has 206 valence electrons. The highest BCUT2D eigenvalue weighted by atomic mass is 19.1. The fourth-order valence-corrected chi connectivity index (χ4v) is 4.72. The molecule has 0 unspecified atom stereocenters. The molecule has 2 saturated heterocycles. The number of rotatable bonds is 8. The number of nitrogens with zero attached hydrogens (tertiary/aromatic N) is 3. The number of hydrogen-bond donors (Lipinski definition) is 3. The van der Waals surface area contributed by atoms with Crippen LogP contribution in [0.4, 0.5) is 9.18 Å². The van der Waals surface area contributed by atoms with Crippen molar-refractivity contribution in [3.8, 4) is 6.07 Å². The highest BCUT2D eigenvalue weighted by Crippen LogP contribution is 2.22. The van der Waals surface area contributed by atoms with Gasteiger partial charge in [0.25, 0.3) is 5.91 Å². The molecule has 0 saturated carbocycles. The fourth-order valence-electron chi connectivity index (χ4n) is 4.72. The Balaban J connectivity index is 1.62. The summed E-state index contributed by atoms with van der Waals surface area (Å²) >= 11 is 0. The molecular weight excluding hydrogens is 494 g/mol. The SMILES string of the molecule is CC(C)(/C=C(\C#N)C(=O)N1CCCC[C@@H](OC(=O)N[C@@H](Cc2ccc(F)cc2)B(O)O)C1)N1CCOCC1. The summed E-state index contributed by atoms with van der Waals surface area (Å²) in [5.41, 5.74) is 0.123. The molecule has 1 aromatic rings. The van der Waals surface area contributed by atoms with E-state index in [-0.39, 0.29) is 18.5 Å². The van der Waals surface area contributed by atoms with E-state index in [4.69, 9.17) is 9.47 Å². The van der Waals surface area contributed by atoms with Gasteiger partial charge in [-0.1, -0.05) is 12.1 Å². The molecule has 2 aliphatic heterocycles. The van der Waals surface area contributed by atoms with Crippen molar-refractivity contribution in [2.24, 2.45) is 0 Å². The van der Waals surface area contributed by atoms with Gasteiger partial charge in [0.15, 0.2) is 0 Å². The number of halogens is 1. The Morgan fingerprint density at radius 2 is 1.95 bits per heavy atom. The van der Waals surface area contributed by atoms with E-state index < -0.39 is 42.5 Å². The highest BCUT2D eigenvalue weighted by molar-refractivity contribution is 6.43. The summed E-state index contributed by atoms with van der Waals surface area (Å²) in [7, 11) is -1.86. The second-order valence-corrected chi connectivity index (χ2v) is 10.2. The lowest BCUT2D eigenvalue weighted by Crippen LogP contribution is -2.50. The zero-order chi connectivity index (χ0) is 27.7. The molecular formula is C26H36BFN4O6. The molecule has 0 radical (unpaired) electrons. The van der Waals surface area contributed by atoms with Crippen molar-refractivity contribution in [3.05, 3.63) is 47.3 Å². The van der Waals surface area contributed by atoms with E-state index in [0.29, 0.717) is 57.7 Å². The second-order valence-electron chi connectivity index (χ2n) is 10.2. The molecule has 10 nitrogen and oxygen atoms in total. The van der Waals surface area contributed by atoms with Gasteiger partial charge in [0.05, 0.1) is 25.7 Å². The first kappa shape index (κ1) is 29.6. The average Bonchev–Trinajstić information content (AvgIpc) is 3.13. The molecule has 1 aromatic carbocycles. The Hall–Kier alpha value is -2.98. The van der Waals surface area contributed by atoms with Gasteiger partial charge in [0.1, 0.15) is 23.6 Å². The third-order valence-corrected chi connectivity index (χ3v) is 6.90. The number of hydrogen-bond acceptors (Lipinski definition) is 8.